The summed E-state index contributed by atoms with van der Waals surface area (Å²) in [5.74, 6) is 0.727. The van der Waals surface area contributed by atoms with Crippen molar-refractivity contribution in [3.8, 4) is 11.3 Å². The number of urea groups is 1. The normalized spacial score (nSPS) is 20.8. The third-order valence-electron chi connectivity index (χ3n) is 5.67. The Balaban J connectivity index is 1.28. The van der Waals surface area contributed by atoms with Crippen LogP contribution in [0.25, 0.3) is 11.3 Å². The van der Waals surface area contributed by atoms with Gasteiger partial charge in [-0.2, -0.15) is 0 Å². The van der Waals surface area contributed by atoms with Crippen molar-refractivity contribution in [1.29, 1.82) is 0 Å². The highest BCUT2D eigenvalue weighted by atomic mass is 16.5. The Labute approximate surface area is 160 Å². The third-order valence-corrected chi connectivity index (χ3v) is 5.67. The van der Waals surface area contributed by atoms with Gasteiger partial charge >= 0.3 is 6.03 Å². The molecule has 3 heterocycles. The number of amides is 2. The quantitative estimate of drug-likeness (QED) is 0.898. The number of rotatable bonds is 4. The molecule has 2 aliphatic rings. The van der Waals surface area contributed by atoms with Gasteiger partial charge in [-0.15, -0.1) is 0 Å². The van der Waals surface area contributed by atoms with Gasteiger partial charge in [0.2, 0.25) is 0 Å². The van der Waals surface area contributed by atoms with E-state index in [4.69, 9.17) is 4.52 Å². The maximum absolute atomic E-state index is 12.5. The topological polar surface area (TPSA) is 61.6 Å². The van der Waals surface area contributed by atoms with Crippen molar-refractivity contribution < 1.29 is 9.32 Å². The lowest BCUT2D eigenvalue weighted by Crippen LogP contribution is -2.43. The molecule has 2 aromatic rings. The Kier molecular flexibility index (Phi) is 5.43. The van der Waals surface area contributed by atoms with E-state index in [-0.39, 0.29) is 6.03 Å². The van der Waals surface area contributed by atoms with E-state index >= 15 is 0 Å². The number of benzene rings is 1. The molecule has 0 bridgehead atoms. The Morgan fingerprint density at radius 2 is 1.96 bits per heavy atom. The van der Waals surface area contributed by atoms with E-state index in [0.717, 1.165) is 36.5 Å². The van der Waals surface area contributed by atoms with E-state index < -0.39 is 0 Å². The van der Waals surface area contributed by atoms with Crippen LogP contribution in [0.2, 0.25) is 0 Å². The second-order valence-electron chi connectivity index (χ2n) is 7.69. The summed E-state index contributed by atoms with van der Waals surface area (Å²) in [4.78, 5) is 17.0. The highest BCUT2D eigenvalue weighted by Crippen LogP contribution is 2.22. The predicted molar refractivity (Wildman–Crippen MR) is 104 cm³/mol. The van der Waals surface area contributed by atoms with Crippen LogP contribution in [-0.2, 0) is 6.54 Å². The van der Waals surface area contributed by atoms with Crippen LogP contribution in [0.4, 0.5) is 4.79 Å². The van der Waals surface area contributed by atoms with Crippen molar-refractivity contribution in [2.75, 3.05) is 26.2 Å². The van der Waals surface area contributed by atoms with Crippen LogP contribution >= 0.6 is 0 Å². The number of likely N-dealkylation sites (tertiary alicyclic amines) is 2. The molecule has 1 aromatic heterocycles. The summed E-state index contributed by atoms with van der Waals surface area (Å²) in [7, 11) is 0. The number of aryl methyl sites for hydroxylation is 1. The van der Waals surface area contributed by atoms with Crippen LogP contribution in [0.15, 0.2) is 34.9 Å². The Morgan fingerprint density at radius 3 is 2.74 bits per heavy atom. The van der Waals surface area contributed by atoms with Crippen molar-refractivity contribution in [3.05, 3.63) is 41.6 Å². The van der Waals surface area contributed by atoms with E-state index in [0.29, 0.717) is 12.6 Å². The molecule has 1 aromatic carbocycles. The summed E-state index contributed by atoms with van der Waals surface area (Å²) in [5, 5.41) is 7.07. The molecule has 1 N–H and O–H groups in total. The van der Waals surface area contributed by atoms with Gasteiger partial charge in [-0.05, 0) is 39.3 Å². The van der Waals surface area contributed by atoms with Gasteiger partial charge in [0.1, 0.15) is 5.69 Å². The van der Waals surface area contributed by atoms with Crippen LogP contribution < -0.4 is 5.32 Å². The van der Waals surface area contributed by atoms with Gasteiger partial charge in [0.05, 0.1) is 6.54 Å². The van der Waals surface area contributed by atoms with E-state index in [9.17, 15) is 4.79 Å². The minimum atomic E-state index is -0.00519. The van der Waals surface area contributed by atoms with E-state index in [2.05, 4.69) is 22.3 Å². The Morgan fingerprint density at radius 1 is 1.19 bits per heavy atom. The van der Waals surface area contributed by atoms with Crippen LogP contribution in [0, 0.1) is 6.92 Å². The summed E-state index contributed by atoms with van der Waals surface area (Å²) in [5.41, 5.74) is 2.94. The van der Waals surface area contributed by atoms with Crippen LogP contribution in [0.1, 0.15) is 36.9 Å². The number of hydrogen-bond donors (Lipinski definition) is 1. The highest BCUT2D eigenvalue weighted by molar-refractivity contribution is 5.74. The number of aromatic nitrogens is 1. The van der Waals surface area contributed by atoms with Gasteiger partial charge in [-0.25, -0.2) is 4.79 Å². The molecule has 0 aliphatic carbocycles. The number of hydrogen-bond acceptors (Lipinski definition) is 4. The van der Waals surface area contributed by atoms with Gasteiger partial charge in [-0.3, -0.25) is 4.90 Å². The van der Waals surface area contributed by atoms with Gasteiger partial charge in [0, 0.05) is 30.8 Å². The van der Waals surface area contributed by atoms with E-state index in [1.165, 1.54) is 37.9 Å². The van der Waals surface area contributed by atoms with Crippen molar-refractivity contribution in [2.24, 2.45) is 0 Å². The van der Waals surface area contributed by atoms with Crippen molar-refractivity contribution in [1.82, 2.24) is 20.3 Å². The fraction of sp³-hybridized carbons (Fsp3) is 0.524. The molecule has 0 radical (unpaired) electrons. The van der Waals surface area contributed by atoms with Gasteiger partial charge in [0.25, 0.3) is 0 Å². The lowest BCUT2D eigenvalue weighted by molar-refractivity contribution is 0.161. The maximum atomic E-state index is 12.5. The number of nitrogens with one attached hydrogen (secondary N) is 1. The first-order chi connectivity index (χ1) is 13.2. The molecule has 144 valence electrons. The number of carbonyl (C=O) groups is 1. The molecule has 6 nitrogen and oxygen atoms in total. The van der Waals surface area contributed by atoms with Crippen molar-refractivity contribution >= 4 is 6.03 Å². The molecule has 2 fully saturated rings. The molecule has 0 unspecified atom stereocenters. The second-order valence-corrected chi connectivity index (χ2v) is 7.69. The van der Waals surface area contributed by atoms with Crippen LogP contribution in [0.5, 0.6) is 0 Å². The lowest BCUT2D eigenvalue weighted by Gasteiger charge is -2.32. The Hall–Kier alpha value is -2.34. The minimum Gasteiger partial charge on any atom is -0.356 e. The molecule has 0 saturated carbocycles. The van der Waals surface area contributed by atoms with Gasteiger partial charge < -0.3 is 14.7 Å². The lowest BCUT2D eigenvalue weighted by atomic mass is 10.1. The standard InChI is InChI=1S/C21H28N4O2/c1-16-5-7-17(8-6-16)20-13-18(23-27-20)14-22-21(26)25-12-9-19(15-25)24-10-3-2-4-11-24/h5-8,13,19H,2-4,9-12,14-15H2,1H3,(H,22,26)/t19-/m0/s1. The molecule has 2 amide bonds. The predicted octanol–water partition coefficient (Wildman–Crippen LogP) is 3.42. The maximum Gasteiger partial charge on any atom is 0.317 e. The second kappa shape index (κ2) is 8.13. The minimum absolute atomic E-state index is 0.00519. The first-order valence-electron chi connectivity index (χ1n) is 9.98. The average Bonchev–Trinajstić information content (AvgIpc) is 3.37. The highest BCUT2D eigenvalue weighted by Gasteiger charge is 2.30. The number of carbonyl (C=O) groups excluding carboxylic acids is 1. The molecule has 4 rings (SSSR count). The van der Waals surface area contributed by atoms with Crippen molar-refractivity contribution in [3.63, 3.8) is 0 Å². The molecule has 6 heteroatoms. The van der Waals surface area contributed by atoms with Gasteiger partial charge in [0.15, 0.2) is 5.76 Å². The third kappa shape index (κ3) is 4.33. The van der Waals surface area contributed by atoms with Crippen LogP contribution in [-0.4, -0.2) is 53.2 Å². The summed E-state index contributed by atoms with van der Waals surface area (Å²) in [6.07, 6.45) is 5.00. The largest absolute Gasteiger partial charge is 0.356 e. The fourth-order valence-electron chi connectivity index (χ4n) is 4.03. The molecule has 1 atom stereocenters. The first kappa shape index (κ1) is 18.0. The summed E-state index contributed by atoms with van der Waals surface area (Å²) in [6.45, 7) is 6.47. The summed E-state index contributed by atoms with van der Waals surface area (Å²) in [6, 6.07) is 10.5. The zero-order valence-corrected chi connectivity index (χ0v) is 16.0. The Bertz CT molecular complexity index is 765. The monoisotopic (exact) mass is 368 g/mol. The molecular formula is C21H28N4O2. The molecular weight excluding hydrogens is 340 g/mol. The SMILES string of the molecule is Cc1ccc(-c2cc(CNC(=O)N3CC[C@H](N4CCCCC4)C3)no2)cc1. The van der Waals surface area contributed by atoms with E-state index in [1.54, 1.807) is 0 Å². The molecule has 27 heavy (non-hydrogen) atoms. The zero-order chi connectivity index (χ0) is 18.6. The van der Waals surface area contributed by atoms with E-state index in [1.807, 2.05) is 35.2 Å². The molecule has 0 spiro atoms. The fourth-order valence-corrected chi connectivity index (χ4v) is 4.03. The average molecular weight is 368 g/mol. The summed E-state index contributed by atoms with van der Waals surface area (Å²) >= 11 is 0. The van der Waals surface area contributed by atoms with Crippen LogP contribution in [0.3, 0.4) is 0 Å². The molecule has 2 saturated heterocycles. The number of nitrogens with zero attached hydrogens (tertiary/aromatic N) is 3. The first-order valence-corrected chi connectivity index (χ1v) is 9.98. The van der Waals surface area contributed by atoms with Gasteiger partial charge in [-0.1, -0.05) is 41.4 Å². The molecule has 2 aliphatic heterocycles. The zero-order valence-electron chi connectivity index (χ0n) is 16.0. The summed E-state index contributed by atoms with van der Waals surface area (Å²) < 4.78 is 5.42. The van der Waals surface area contributed by atoms with Crippen molar-refractivity contribution in [2.45, 2.75) is 45.2 Å². The smallest absolute Gasteiger partial charge is 0.317 e. The number of piperidine rings is 1.